The standard InChI is InChI=1S/C8H10F3NO/c1-3-4-5-6(2)12-7(13)8(9,10)11/h1,6H,4-5H2,2H3,(H,12,13). The molecule has 0 heterocycles. The van der Waals surface area contributed by atoms with Crippen molar-refractivity contribution in [2.45, 2.75) is 32.0 Å². The van der Waals surface area contributed by atoms with Gasteiger partial charge in [0.05, 0.1) is 0 Å². The zero-order valence-electron chi connectivity index (χ0n) is 7.11. The van der Waals surface area contributed by atoms with E-state index in [1.165, 1.54) is 6.92 Å². The van der Waals surface area contributed by atoms with Crippen LogP contribution in [0.4, 0.5) is 13.2 Å². The second-order valence-electron chi connectivity index (χ2n) is 2.62. The Morgan fingerprint density at radius 2 is 2.15 bits per heavy atom. The predicted octanol–water partition coefficient (Wildman–Crippen LogP) is 1.47. The highest BCUT2D eigenvalue weighted by molar-refractivity contribution is 5.81. The molecule has 0 aromatic rings. The minimum absolute atomic E-state index is 0.346. The molecule has 1 amide bonds. The van der Waals surface area contributed by atoms with Crippen LogP contribution >= 0.6 is 0 Å². The number of terminal acetylenes is 1. The number of carbonyl (C=O) groups excluding carboxylic acids is 1. The van der Waals surface area contributed by atoms with E-state index in [1.54, 1.807) is 5.32 Å². The third-order valence-electron chi connectivity index (χ3n) is 1.36. The van der Waals surface area contributed by atoms with E-state index in [2.05, 4.69) is 5.92 Å². The Labute approximate surface area is 74.5 Å². The second-order valence-corrected chi connectivity index (χ2v) is 2.62. The lowest BCUT2D eigenvalue weighted by Gasteiger charge is -2.13. The molecule has 1 N–H and O–H groups in total. The van der Waals surface area contributed by atoms with Crippen LogP contribution in [0.2, 0.25) is 0 Å². The molecule has 0 spiro atoms. The average Bonchev–Trinajstić information content (AvgIpc) is 1.99. The number of hydrogen-bond acceptors (Lipinski definition) is 1. The highest BCUT2D eigenvalue weighted by Gasteiger charge is 2.38. The average molecular weight is 193 g/mol. The van der Waals surface area contributed by atoms with Crippen molar-refractivity contribution >= 4 is 5.91 Å². The predicted molar refractivity (Wildman–Crippen MR) is 41.7 cm³/mol. The quantitative estimate of drug-likeness (QED) is 0.675. The molecule has 0 rings (SSSR count). The highest BCUT2D eigenvalue weighted by Crippen LogP contribution is 2.14. The normalized spacial score (nSPS) is 13.2. The van der Waals surface area contributed by atoms with E-state index >= 15 is 0 Å². The van der Waals surface area contributed by atoms with E-state index in [4.69, 9.17) is 6.42 Å². The van der Waals surface area contributed by atoms with E-state index in [9.17, 15) is 18.0 Å². The summed E-state index contributed by atoms with van der Waals surface area (Å²) < 4.78 is 35.0. The number of halogens is 3. The van der Waals surface area contributed by atoms with Gasteiger partial charge in [-0.1, -0.05) is 0 Å². The number of hydrogen-bond donors (Lipinski definition) is 1. The first-order valence-electron chi connectivity index (χ1n) is 3.69. The topological polar surface area (TPSA) is 29.1 Å². The lowest BCUT2D eigenvalue weighted by Crippen LogP contribution is -2.41. The lowest BCUT2D eigenvalue weighted by atomic mass is 10.2. The molecule has 5 heteroatoms. The number of carbonyl (C=O) groups is 1. The van der Waals surface area contributed by atoms with Gasteiger partial charge in [-0.3, -0.25) is 4.79 Å². The third-order valence-corrected chi connectivity index (χ3v) is 1.36. The lowest BCUT2D eigenvalue weighted by molar-refractivity contribution is -0.174. The molecule has 0 aliphatic heterocycles. The van der Waals surface area contributed by atoms with Crippen LogP contribution in [0.25, 0.3) is 0 Å². The van der Waals surface area contributed by atoms with Gasteiger partial charge in [0, 0.05) is 12.5 Å². The van der Waals surface area contributed by atoms with Gasteiger partial charge in [-0.05, 0) is 13.3 Å². The Kier molecular flexibility index (Phi) is 4.32. The molecule has 1 unspecified atom stereocenters. The fourth-order valence-electron chi connectivity index (χ4n) is 0.678. The second kappa shape index (κ2) is 4.75. The van der Waals surface area contributed by atoms with Gasteiger partial charge in [-0.25, -0.2) is 0 Å². The molecule has 0 saturated heterocycles. The molecular formula is C8H10F3NO. The summed E-state index contributed by atoms with van der Waals surface area (Å²) in [4.78, 5) is 10.4. The van der Waals surface area contributed by atoms with Crippen LogP contribution in [0.5, 0.6) is 0 Å². The molecule has 0 radical (unpaired) electrons. The maximum Gasteiger partial charge on any atom is 0.471 e. The summed E-state index contributed by atoms with van der Waals surface area (Å²) in [5.41, 5.74) is 0. The van der Waals surface area contributed by atoms with Gasteiger partial charge < -0.3 is 5.32 Å². The highest BCUT2D eigenvalue weighted by atomic mass is 19.4. The molecule has 2 nitrogen and oxygen atoms in total. The van der Waals surface area contributed by atoms with Crippen LogP contribution in [-0.4, -0.2) is 18.1 Å². The molecule has 13 heavy (non-hydrogen) atoms. The summed E-state index contributed by atoms with van der Waals surface area (Å²) >= 11 is 0. The summed E-state index contributed by atoms with van der Waals surface area (Å²) in [6.45, 7) is 1.47. The zero-order valence-corrected chi connectivity index (χ0v) is 7.11. The fraction of sp³-hybridized carbons (Fsp3) is 0.625. The first kappa shape index (κ1) is 11.8. The van der Waals surface area contributed by atoms with Crippen molar-refractivity contribution in [2.75, 3.05) is 0 Å². The van der Waals surface area contributed by atoms with Gasteiger partial charge in [0.2, 0.25) is 0 Å². The van der Waals surface area contributed by atoms with E-state index < -0.39 is 18.1 Å². The van der Waals surface area contributed by atoms with Gasteiger partial charge in [-0.15, -0.1) is 12.3 Å². The smallest absolute Gasteiger partial charge is 0.346 e. The van der Waals surface area contributed by atoms with Crippen LogP contribution in [0.15, 0.2) is 0 Å². The number of alkyl halides is 3. The zero-order chi connectivity index (χ0) is 10.5. The van der Waals surface area contributed by atoms with Crippen LogP contribution in [0.3, 0.4) is 0 Å². The van der Waals surface area contributed by atoms with Crippen LogP contribution in [0, 0.1) is 12.3 Å². The molecule has 1 atom stereocenters. The summed E-state index contributed by atoms with van der Waals surface area (Å²) in [6.07, 6.45) is 0.785. The van der Waals surface area contributed by atoms with Crippen molar-refractivity contribution < 1.29 is 18.0 Å². The van der Waals surface area contributed by atoms with Gasteiger partial charge in [-0.2, -0.15) is 13.2 Å². The van der Waals surface area contributed by atoms with Crippen molar-refractivity contribution in [1.82, 2.24) is 5.32 Å². The summed E-state index contributed by atoms with van der Waals surface area (Å²) in [5.74, 6) is 0.359. The Balaban J connectivity index is 3.87. The van der Waals surface area contributed by atoms with Crippen LogP contribution < -0.4 is 5.32 Å². The molecule has 0 fully saturated rings. The van der Waals surface area contributed by atoms with E-state index in [0.29, 0.717) is 12.8 Å². The van der Waals surface area contributed by atoms with Crippen molar-refractivity contribution in [1.29, 1.82) is 0 Å². The third kappa shape index (κ3) is 5.12. The Hall–Kier alpha value is -1.18. The molecule has 0 aliphatic carbocycles. The van der Waals surface area contributed by atoms with Crippen LogP contribution in [0.1, 0.15) is 19.8 Å². The van der Waals surface area contributed by atoms with E-state index in [-0.39, 0.29) is 0 Å². The molecule has 0 bridgehead atoms. The van der Waals surface area contributed by atoms with Gasteiger partial charge in [0.25, 0.3) is 0 Å². The number of amides is 1. The fourth-order valence-corrected chi connectivity index (χ4v) is 0.678. The first-order valence-corrected chi connectivity index (χ1v) is 3.69. The van der Waals surface area contributed by atoms with Crippen LogP contribution in [-0.2, 0) is 4.79 Å². The molecule has 0 aromatic carbocycles. The van der Waals surface area contributed by atoms with E-state index in [0.717, 1.165) is 0 Å². The monoisotopic (exact) mass is 193 g/mol. The summed E-state index contributed by atoms with van der Waals surface area (Å²) in [6, 6.07) is -0.551. The summed E-state index contributed by atoms with van der Waals surface area (Å²) in [5, 5.41) is 1.80. The van der Waals surface area contributed by atoms with Crippen molar-refractivity contribution in [2.24, 2.45) is 0 Å². The van der Waals surface area contributed by atoms with Crippen molar-refractivity contribution in [3.63, 3.8) is 0 Å². The van der Waals surface area contributed by atoms with Crippen molar-refractivity contribution in [3.8, 4) is 12.3 Å². The molecule has 0 aliphatic rings. The maximum absolute atomic E-state index is 11.7. The van der Waals surface area contributed by atoms with Gasteiger partial charge in [0.15, 0.2) is 0 Å². The number of rotatable bonds is 3. The Bertz CT molecular complexity index is 216. The number of nitrogens with one attached hydrogen (secondary N) is 1. The molecule has 0 saturated carbocycles. The minimum atomic E-state index is -4.82. The van der Waals surface area contributed by atoms with Crippen molar-refractivity contribution in [3.05, 3.63) is 0 Å². The van der Waals surface area contributed by atoms with Gasteiger partial charge >= 0.3 is 12.1 Å². The molecule has 74 valence electrons. The SMILES string of the molecule is C#CCCC(C)NC(=O)C(F)(F)F. The molecule has 0 aromatic heterocycles. The Morgan fingerprint density at radius 1 is 1.62 bits per heavy atom. The summed E-state index contributed by atoms with van der Waals surface area (Å²) in [7, 11) is 0. The largest absolute Gasteiger partial charge is 0.471 e. The Morgan fingerprint density at radius 3 is 2.54 bits per heavy atom. The van der Waals surface area contributed by atoms with E-state index in [1.807, 2.05) is 0 Å². The minimum Gasteiger partial charge on any atom is -0.346 e. The maximum atomic E-state index is 11.7. The molecular weight excluding hydrogens is 183 g/mol. The first-order chi connectivity index (χ1) is 5.88. The van der Waals surface area contributed by atoms with Gasteiger partial charge in [0.1, 0.15) is 0 Å².